The van der Waals surface area contributed by atoms with Gasteiger partial charge in [-0.1, -0.05) is 133 Å². The van der Waals surface area contributed by atoms with Gasteiger partial charge in [0, 0.05) is 32.3 Å². The van der Waals surface area contributed by atoms with Gasteiger partial charge in [0.15, 0.2) is 8.32 Å². The highest BCUT2D eigenvalue weighted by molar-refractivity contribution is 6.99. The van der Waals surface area contributed by atoms with Crippen molar-refractivity contribution in [3.8, 4) is 0 Å². The number of epoxide rings is 1. The summed E-state index contributed by atoms with van der Waals surface area (Å²) in [5.41, 5.74) is -3.67. The summed E-state index contributed by atoms with van der Waals surface area (Å²) >= 11 is 0. The highest BCUT2D eigenvalue weighted by atomic mass is 28.4. The van der Waals surface area contributed by atoms with Gasteiger partial charge in [0.25, 0.3) is 13.9 Å². The first kappa shape index (κ1) is 41.0. The van der Waals surface area contributed by atoms with Gasteiger partial charge in [-0.25, -0.2) is 4.79 Å². The second-order valence-electron chi connectivity index (χ2n) is 15.9. The third-order valence-electron chi connectivity index (χ3n) is 10.5. The van der Waals surface area contributed by atoms with E-state index in [4.69, 9.17) is 23.1 Å². The maximum absolute atomic E-state index is 14.9. The number of esters is 1. The molecule has 4 atom stereocenters. The van der Waals surface area contributed by atoms with E-state index >= 15 is 0 Å². The number of rotatable bonds is 16. The molecular weight excluding hydrogens is 690 g/mol. The molecule has 3 aromatic rings. The Balaban J connectivity index is 1.62. The maximum atomic E-state index is 14.9. The van der Waals surface area contributed by atoms with Crippen molar-refractivity contribution in [2.24, 2.45) is 0 Å². The lowest BCUT2D eigenvalue weighted by atomic mass is 9.92. The van der Waals surface area contributed by atoms with Crippen molar-refractivity contribution in [1.82, 2.24) is 0 Å². The first-order chi connectivity index (χ1) is 23.8. The van der Waals surface area contributed by atoms with Crippen LogP contribution in [0.15, 0.2) is 91.0 Å². The van der Waals surface area contributed by atoms with Crippen LogP contribution >= 0.6 is 0 Å². The average molecular weight is 745 g/mol. The predicted octanol–water partition coefficient (Wildman–Crippen LogP) is 8.54. The summed E-state index contributed by atoms with van der Waals surface area (Å²) < 4.78 is 75.0. The van der Waals surface area contributed by atoms with Crippen molar-refractivity contribution in [2.75, 3.05) is 20.3 Å². The lowest BCUT2D eigenvalue weighted by Crippen LogP contribution is -2.66. The Kier molecular flexibility index (Phi) is 12.9. The van der Waals surface area contributed by atoms with Gasteiger partial charge in [-0.05, 0) is 46.4 Å². The van der Waals surface area contributed by atoms with E-state index in [0.717, 1.165) is 17.5 Å². The molecule has 1 aliphatic rings. The van der Waals surface area contributed by atoms with Crippen molar-refractivity contribution >= 4 is 33.0 Å². The molecule has 3 aromatic carbocycles. The summed E-state index contributed by atoms with van der Waals surface area (Å²) in [5, 5.41) is 1.89. The van der Waals surface area contributed by atoms with Crippen molar-refractivity contribution in [1.29, 1.82) is 0 Å². The zero-order chi connectivity index (χ0) is 37.7. The van der Waals surface area contributed by atoms with Gasteiger partial charge < -0.3 is 23.1 Å². The van der Waals surface area contributed by atoms with Gasteiger partial charge in [0.1, 0.15) is 12.2 Å². The molecule has 1 saturated heterocycles. The largest absolute Gasteiger partial charge is 0.457 e. The molecule has 0 bridgehead atoms. The van der Waals surface area contributed by atoms with Crippen LogP contribution in [-0.4, -0.2) is 67.4 Å². The fourth-order valence-corrected chi connectivity index (χ4v) is 12.2. The SMILES string of the molecule is CO[C@@](C(=O)O[C@H](CCO[Si](c1ccccc1)(c1ccccc1)C(C)(C)C)[C@@H]1O[C@H]1CCCO[Si](C)(C)C(C)(C)C)(c1ccccc1)C(F)(F)F. The van der Waals surface area contributed by atoms with Crippen molar-refractivity contribution < 1.29 is 41.0 Å². The molecule has 0 aromatic heterocycles. The van der Waals surface area contributed by atoms with Gasteiger partial charge in [0.2, 0.25) is 0 Å². The summed E-state index contributed by atoms with van der Waals surface area (Å²) in [6.07, 6.45) is -5.53. The Bertz CT molecular complexity index is 1500. The van der Waals surface area contributed by atoms with Crippen LogP contribution < -0.4 is 10.4 Å². The van der Waals surface area contributed by atoms with Crippen molar-refractivity contribution in [3.05, 3.63) is 96.6 Å². The normalized spacial score (nSPS) is 18.9. The molecule has 4 rings (SSSR count). The number of ether oxygens (including phenoxy) is 3. The molecule has 0 spiro atoms. The molecule has 0 aliphatic carbocycles. The molecule has 1 aliphatic heterocycles. The van der Waals surface area contributed by atoms with Crippen molar-refractivity contribution in [3.63, 3.8) is 0 Å². The Morgan fingerprint density at radius 2 is 1.27 bits per heavy atom. The number of benzene rings is 3. The molecule has 0 N–H and O–H groups in total. The molecule has 0 radical (unpaired) electrons. The van der Waals surface area contributed by atoms with Gasteiger partial charge >= 0.3 is 12.1 Å². The van der Waals surface area contributed by atoms with E-state index in [0.29, 0.717) is 19.4 Å². The van der Waals surface area contributed by atoms with Crippen LogP contribution in [0.4, 0.5) is 13.2 Å². The minimum atomic E-state index is -5.10. The molecule has 11 heteroatoms. The zero-order valence-electron chi connectivity index (χ0n) is 31.5. The highest BCUT2D eigenvalue weighted by Crippen LogP contribution is 2.45. The van der Waals surface area contributed by atoms with Crippen LogP contribution in [0.25, 0.3) is 0 Å². The average Bonchev–Trinajstić information content (AvgIpc) is 3.84. The van der Waals surface area contributed by atoms with E-state index in [1.54, 1.807) is 6.07 Å². The van der Waals surface area contributed by atoms with Crippen LogP contribution in [0, 0.1) is 0 Å². The molecule has 6 nitrogen and oxygen atoms in total. The fraction of sp³-hybridized carbons (Fsp3) is 0.525. The summed E-state index contributed by atoms with van der Waals surface area (Å²) in [7, 11) is -4.04. The minimum absolute atomic E-state index is 0.0705. The lowest BCUT2D eigenvalue weighted by molar-refractivity contribution is -0.278. The number of alkyl halides is 3. The van der Waals surface area contributed by atoms with Crippen LogP contribution in [0.5, 0.6) is 0 Å². The zero-order valence-corrected chi connectivity index (χ0v) is 33.5. The first-order valence-corrected chi connectivity index (χ1v) is 22.6. The summed E-state index contributed by atoms with van der Waals surface area (Å²) in [6, 6.07) is 27.1. The van der Waals surface area contributed by atoms with Crippen LogP contribution in [-0.2, 0) is 33.5 Å². The van der Waals surface area contributed by atoms with Crippen LogP contribution in [0.3, 0.4) is 0 Å². The van der Waals surface area contributed by atoms with E-state index in [2.05, 4.69) is 78.9 Å². The number of halogens is 3. The summed E-state index contributed by atoms with van der Waals surface area (Å²) in [4.78, 5) is 13.8. The molecule has 1 heterocycles. The number of hydrogen-bond acceptors (Lipinski definition) is 6. The topological polar surface area (TPSA) is 66.5 Å². The summed E-state index contributed by atoms with van der Waals surface area (Å²) in [5.74, 6) is -1.53. The molecule has 0 saturated carbocycles. The predicted molar refractivity (Wildman–Crippen MR) is 200 cm³/mol. The Labute approximate surface area is 304 Å². The van der Waals surface area contributed by atoms with E-state index in [1.165, 1.54) is 24.3 Å². The van der Waals surface area contributed by atoms with E-state index in [1.807, 2.05) is 36.4 Å². The number of methoxy groups -OCH3 is 1. The van der Waals surface area contributed by atoms with Gasteiger partial charge in [0.05, 0.1) is 6.10 Å². The smallest absolute Gasteiger partial charge is 0.432 e. The fourth-order valence-electron chi connectivity index (χ4n) is 6.53. The van der Waals surface area contributed by atoms with Crippen LogP contribution in [0.2, 0.25) is 23.2 Å². The number of hydrogen-bond donors (Lipinski definition) is 0. The van der Waals surface area contributed by atoms with Gasteiger partial charge in [-0.3, -0.25) is 0 Å². The first-order valence-electron chi connectivity index (χ1n) is 17.7. The Morgan fingerprint density at radius 1 is 0.765 bits per heavy atom. The molecule has 280 valence electrons. The minimum Gasteiger partial charge on any atom is -0.457 e. The molecule has 0 unspecified atom stereocenters. The number of carbonyl (C=O) groups is 1. The second kappa shape index (κ2) is 16.1. The lowest BCUT2D eigenvalue weighted by Gasteiger charge is -2.43. The van der Waals surface area contributed by atoms with Gasteiger partial charge in [-0.2, -0.15) is 13.2 Å². The van der Waals surface area contributed by atoms with E-state index in [9.17, 15) is 18.0 Å². The van der Waals surface area contributed by atoms with Crippen molar-refractivity contribution in [2.45, 2.75) is 114 Å². The van der Waals surface area contributed by atoms with Crippen LogP contribution in [0.1, 0.15) is 66.4 Å². The summed E-state index contributed by atoms with van der Waals surface area (Å²) in [6.45, 7) is 18.1. The molecule has 51 heavy (non-hydrogen) atoms. The van der Waals surface area contributed by atoms with E-state index in [-0.39, 0.29) is 34.8 Å². The number of carbonyl (C=O) groups excluding carboxylic acids is 1. The standard InChI is InChI=1S/C40H55F3O6Si2/c1-37(2,3)50(8,9)46-28-19-26-33-35(48-33)34(49-36(44)39(45-7,40(41,42)43)30-20-13-10-14-21-30)27-29-47-51(38(4,5)6,31-22-15-11-16-23-31)32-24-17-12-18-25-32/h10-18,20-25,33-35H,19,26-29H2,1-9H3/t33-,34+,35+,39+/m0/s1. The van der Waals surface area contributed by atoms with Gasteiger partial charge in [-0.15, -0.1) is 0 Å². The molecule has 0 amide bonds. The Hall–Kier alpha value is -2.81. The monoisotopic (exact) mass is 744 g/mol. The quantitative estimate of drug-likeness (QED) is 0.0635. The highest BCUT2D eigenvalue weighted by Gasteiger charge is 2.65. The molecular formula is C40H55F3O6Si2. The van der Waals surface area contributed by atoms with E-state index < -0.39 is 46.6 Å². The molecule has 1 fully saturated rings. The Morgan fingerprint density at radius 3 is 1.73 bits per heavy atom. The second-order valence-corrected chi connectivity index (χ2v) is 25.0. The maximum Gasteiger partial charge on any atom is 0.432 e. The third-order valence-corrected chi connectivity index (χ3v) is 20.0. The third kappa shape index (κ3) is 8.88.